The highest BCUT2D eigenvalue weighted by Crippen LogP contribution is 2.10. The average molecular weight is 275 g/mol. The fourth-order valence-corrected chi connectivity index (χ4v) is 1.98. The molecule has 2 rings (SSSR count). The molecule has 1 fully saturated rings. The van der Waals surface area contributed by atoms with Crippen molar-refractivity contribution < 1.29 is 14.4 Å². The minimum Gasteiger partial charge on any atom is -0.332 e. The van der Waals surface area contributed by atoms with Gasteiger partial charge in [0.15, 0.2) is 5.78 Å². The Morgan fingerprint density at radius 1 is 1.10 bits per heavy atom. The van der Waals surface area contributed by atoms with Crippen LogP contribution in [0.15, 0.2) is 24.3 Å². The van der Waals surface area contributed by atoms with Crippen LogP contribution in [0.2, 0.25) is 0 Å². The van der Waals surface area contributed by atoms with Gasteiger partial charge in [-0.1, -0.05) is 0 Å². The molecular formula is C14H17N3O3. The zero-order valence-electron chi connectivity index (χ0n) is 11.3. The first-order valence-corrected chi connectivity index (χ1v) is 6.50. The summed E-state index contributed by atoms with van der Waals surface area (Å²) in [6.45, 7) is 3.95. The second kappa shape index (κ2) is 6.29. The molecule has 1 heterocycles. The zero-order valence-corrected chi connectivity index (χ0v) is 11.3. The number of nitrogens with zero attached hydrogens (tertiary/aromatic N) is 1. The van der Waals surface area contributed by atoms with Crippen molar-refractivity contribution in [2.75, 3.05) is 31.5 Å². The maximum atomic E-state index is 11.9. The summed E-state index contributed by atoms with van der Waals surface area (Å²) in [6, 6.07) is 6.46. The number of hydrogen-bond acceptors (Lipinski definition) is 4. The SMILES string of the molecule is CC(=O)c1ccc(NC(=O)C(=O)N2CCNCC2)cc1. The van der Waals surface area contributed by atoms with Crippen molar-refractivity contribution in [3.63, 3.8) is 0 Å². The lowest BCUT2D eigenvalue weighted by Gasteiger charge is -2.26. The number of benzene rings is 1. The second-order valence-electron chi connectivity index (χ2n) is 4.63. The zero-order chi connectivity index (χ0) is 14.5. The Hall–Kier alpha value is -2.21. The summed E-state index contributed by atoms with van der Waals surface area (Å²) in [5.41, 5.74) is 1.07. The molecule has 0 saturated carbocycles. The molecule has 1 aromatic carbocycles. The molecular weight excluding hydrogens is 258 g/mol. The lowest BCUT2D eigenvalue weighted by molar-refractivity contribution is -0.143. The molecule has 1 aliphatic heterocycles. The maximum absolute atomic E-state index is 11.9. The monoisotopic (exact) mass is 275 g/mol. The third-order valence-corrected chi connectivity index (χ3v) is 3.15. The molecule has 0 spiro atoms. The Morgan fingerprint density at radius 3 is 2.25 bits per heavy atom. The average Bonchev–Trinajstić information content (AvgIpc) is 2.48. The number of anilines is 1. The minimum atomic E-state index is -0.650. The normalized spacial score (nSPS) is 14.8. The summed E-state index contributed by atoms with van der Waals surface area (Å²) >= 11 is 0. The van der Waals surface area contributed by atoms with Gasteiger partial charge in [-0.15, -0.1) is 0 Å². The van der Waals surface area contributed by atoms with Crippen molar-refractivity contribution in [1.29, 1.82) is 0 Å². The molecule has 0 radical (unpaired) electrons. The number of piperazine rings is 1. The van der Waals surface area contributed by atoms with Gasteiger partial charge in [-0.05, 0) is 31.2 Å². The molecule has 6 nitrogen and oxygen atoms in total. The van der Waals surface area contributed by atoms with E-state index >= 15 is 0 Å². The lowest BCUT2D eigenvalue weighted by Crippen LogP contribution is -2.49. The summed E-state index contributed by atoms with van der Waals surface area (Å²) in [5, 5.41) is 5.66. The highest BCUT2D eigenvalue weighted by molar-refractivity contribution is 6.39. The van der Waals surface area contributed by atoms with Crippen LogP contribution < -0.4 is 10.6 Å². The summed E-state index contributed by atoms with van der Waals surface area (Å²) in [7, 11) is 0. The van der Waals surface area contributed by atoms with E-state index in [0.717, 1.165) is 0 Å². The van der Waals surface area contributed by atoms with Crippen LogP contribution in [-0.4, -0.2) is 48.7 Å². The molecule has 0 aromatic heterocycles. The van der Waals surface area contributed by atoms with Crippen LogP contribution in [0, 0.1) is 0 Å². The van der Waals surface area contributed by atoms with Crippen molar-refractivity contribution in [2.24, 2.45) is 0 Å². The predicted molar refractivity (Wildman–Crippen MR) is 74.5 cm³/mol. The number of rotatable bonds is 2. The fourth-order valence-electron chi connectivity index (χ4n) is 1.98. The third-order valence-electron chi connectivity index (χ3n) is 3.15. The van der Waals surface area contributed by atoms with Crippen LogP contribution >= 0.6 is 0 Å². The molecule has 6 heteroatoms. The number of hydrogen-bond donors (Lipinski definition) is 2. The van der Waals surface area contributed by atoms with E-state index in [0.29, 0.717) is 37.4 Å². The standard InChI is InChI=1S/C14H17N3O3/c1-10(18)11-2-4-12(5-3-11)16-13(19)14(20)17-8-6-15-7-9-17/h2-5,15H,6-9H2,1H3,(H,16,19). The topological polar surface area (TPSA) is 78.5 Å². The van der Waals surface area contributed by atoms with Gasteiger partial charge in [-0.3, -0.25) is 14.4 Å². The first-order chi connectivity index (χ1) is 9.58. The Labute approximate surface area is 117 Å². The van der Waals surface area contributed by atoms with Gasteiger partial charge in [0.25, 0.3) is 0 Å². The Morgan fingerprint density at radius 2 is 1.70 bits per heavy atom. The van der Waals surface area contributed by atoms with Gasteiger partial charge in [-0.2, -0.15) is 0 Å². The molecule has 20 heavy (non-hydrogen) atoms. The molecule has 1 aromatic rings. The van der Waals surface area contributed by atoms with E-state index in [-0.39, 0.29) is 5.78 Å². The lowest BCUT2D eigenvalue weighted by atomic mass is 10.1. The van der Waals surface area contributed by atoms with Crippen LogP contribution in [0.4, 0.5) is 5.69 Å². The van der Waals surface area contributed by atoms with Crippen LogP contribution in [0.5, 0.6) is 0 Å². The highest BCUT2D eigenvalue weighted by atomic mass is 16.2. The number of amides is 2. The summed E-state index contributed by atoms with van der Waals surface area (Å²) in [6.07, 6.45) is 0. The predicted octanol–water partition coefficient (Wildman–Crippen LogP) is 0.260. The largest absolute Gasteiger partial charge is 0.332 e. The first kappa shape index (κ1) is 14.2. The Bertz CT molecular complexity index is 519. The van der Waals surface area contributed by atoms with Crippen LogP contribution in [0.3, 0.4) is 0 Å². The number of ketones is 1. The van der Waals surface area contributed by atoms with Crippen molar-refractivity contribution in [2.45, 2.75) is 6.92 Å². The molecule has 0 bridgehead atoms. The van der Waals surface area contributed by atoms with E-state index in [1.165, 1.54) is 11.8 Å². The fraction of sp³-hybridized carbons (Fsp3) is 0.357. The van der Waals surface area contributed by atoms with Gasteiger partial charge in [-0.25, -0.2) is 0 Å². The van der Waals surface area contributed by atoms with Gasteiger partial charge in [0.1, 0.15) is 0 Å². The van der Waals surface area contributed by atoms with Crippen LogP contribution in [-0.2, 0) is 9.59 Å². The molecule has 0 aliphatic carbocycles. The van der Waals surface area contributed by atoms with Crippen molar-refractivity contribution >= 4 is 23.3 Å². The van der Waals surface area contributed by atoms with Crippen molar-refractivity contribution in [3.05, 3.63) is 29.8 Å². The molecule has 1 saturated heterocycles. The highest BCUT2D eigenvalue weighted by Gasteiger charge is 2.23. The van der Waals surface area contributed by atoms with E-state index in [2.05, 4.69) is 10.6 Å². The molecule has 1 aliphatic rings. The van der Waals surface area contributed by atoms with E-state index in [1.54, 1.807) is 24.3 Å². The smallest absolute Gasteiger partial charge is 0.313 e. The maximum Gasteiger partial charge on any atom is 0.313 e. The van der Waals surface area contributed by atoms with Gasteiger partial charge < -0.3 is 15.5 Å². The third kappa shape index (κ3) is 3.42. The summed E-state index contributed by atoms with van der Waals surface area (Å²) < 4.78 is 0. The van der Waals surface area contributed by atoms with E-state index in [1.807, 2.05) is 0 Å². The van der Waals surface area contributed by atoms with E-state index in [9.17, 15) is 14.4 Å². The van der Waals surface area contributed by atoms with Crippen LogP contribution in [0.25, 0.3) is 0 Å². The van der Waals surface area contributed by atoms with Crippen LogP contribution in [0.1, 0.15) is 17.3 Å². The van der Waals surface area contributed by atoms with Gasteiger partial charge in [0.2, 0.25) is 0 Å². The Kier molecular flexibility index (Phi) is 4.47. The van der Waals surface area contributed by atoms with Gasteiger partial charge in [0, 0.05) is 37.4 Å². The molecule has 2 N–H and O–H groups in total. The Balaban J connectivity index is 1.96. The quantitative estimate of drug-likeness (QED) is 0.599. The number of carbonyl (C=O) groups is 3. The molecule has 2 amide bonds. The van der Waals surface area contributed by atoms with E-state index < -0.39 is 11.8 Å². The van der Waals surface area contributed by atoms with E-state index in [4.69, 9.17) is 0 Å². The first-order valence-electron chi connectivity index (χ1n) is 6.50. The van der Waals surface area contributed by atoms with Crippen molar-refractivity contribution in [3.8, 4) is 0 Å². The second-order valence-corrected chi connectivity index (χ2v) is 4.63. The molecule has 106 valence electrons. The molecule has 0 unspecified atom stereocenters. The van der Waals surface area contributed by atoms with Gasteiger partial charge >= 0.3 is 11.8 Å². The minimum absolute atomic E-state index is 0.0419. The summed E-state index contributed by atoms with van der Waals surface area (Å²) in [4.78, 5) is 36.4. The number of carbonyl (C=O) groups excluding carboxylic acids is 3. The summed E-state index contributed by atoms with van der Waals surface area (Å²) in [5.74, 6) is -1.22. The van der Waals surface area contributed by atoms with Gasteiger partial charge in [0.05, 0.1) is 0 Å². The molecule has 0 atom stereocenters. The number of nitrogens with one attached hydrogen (secondary N) is 2. The number of Topliss-reactive ketones (excluding diaryl/α,β-unsaturated/α-hetero) is 1. The van der Waals surface area contributed by atoms with Crippen molar-refractivity contribution in [1.82, 2.24) is 10.2 Å².